The van der Waals surface area contributed by atoms with Gasteiger partial charge in [0.25, 0.3) is 0 Å². The maximum absolute atomic E-state index is 10.5. The molecule has 186 valence electrons. The number of carboxylic acids is 1. The molecule has 0 aromatic heterocycles. The van der Waals surface area contributed by atoms with Crippen molar-refractivity contribution in [1.29, 1.82) is 0 Å². The maximum atomic E-state index is 10.5. The summed E-state index contributed by atoms with van der Waals surface area (Å²) in [5.41, 5.74) is 0. The number of carbonyl (C=O) groups is 2. The Morgan fingerprint density at radius 1 is 0.938 bits per heavy atom. The average molecular weight is 459 g/mol. The molecule has 0 aromatic carbocycles. The highest BCUT2D eigenvalue weighted by Crippen LogP contribution is 2.20. The van der Waals surface area contributed by atoms with Crippen molar-refractivity contribution in [2.24, 2.45) is 0 Å². The van der Waals surface area contributed by atoms with Crippen molar-refractivity contribution >= 4 is 11.9 Å². The summed E-state index contributed by atoms with van der Waals surface area (Å²) in [6.07, 6.45) is 18.5. The fourth-order valence-electron chi connectivity index (χ4n) is 3.17. The number of aliphatic hydroxyl groups excluding tert-OH is 4. The van der Waals surface area contributed by atoms with Crippen LogP contribution < -0.4 is 0 Å². The second kappa shape index (κ2) is 19.6. The Labute approximate surface area is 191 Å². The number of ether oxygens (including phenoxy) is 1. The van der Waals surface area contributed by atoms with Crippen molar-refractivity contribution in [2.75, 3.05) is 6.61 Å². The van der Waals surface area contributed by atoms with Crippen molar-refractivity contribution in [3.63, 3.8) is 0 Å². The number of rotatable bonds is 17. The standard InChI is InChI=1S/C18H34O2.C6H8O6/c1-2-3-4-5-6-7-8-9-10-11-12-13-14-15-16-17-18(19)20;7-1-2(8)5-3(9)4(10)6(11)12-5/h9-10H,2-8,11-17H2,1H3,(H,19,20);2,5,7-10H,1H2/t;2-,5+/m.0/s1. The van der Waals surface area contributed by atoms with Crippen LogP contribution in [0, 0.1) is 0 Å². The molecule has 0 saturated carbocycles. The van der Waals surface area contributed by atoms with Crippen LogP contribution in [0.15, 0.2) is 23.7 Å². The second-order valence-electron chi connectivity index (χ2n) is 8.04. The number of unbranched alkanes of at least 4 members (excludes halogenated alkanes) is 11. The molecule has 32 heavy (non-hydrogen) atoms. The highest BCUT2D eigenvalue weighted by Gasteiger charge is 2.38. The Kier molecular flexibility index (Phi) is 18.3. The van der Waals surface area contributed by atoms with Gasteiger partial charge in [-0.05, 0) is 32.1 Å². The summed E-state index contributed by atoms with van der Waals surface area (Å²) in [5, 5.41) is 43.6. The fourth-order valence-corrected chi connectivity index (χ4v) is 3.17. The van der Waals surface area contributed by atoms with Gasteiger partial charge in [0.15, 0.2) is 11.9 Å². The molecular formula is C24H42O8. The minimum atomic E-state index is -1.42. The minimum absolute atomic E-state index is 0.332. The van der Waals surface area contributed by atoms with Crippen LogP contribution in [0.2, 0.25) is 0 Å². The van der Waals surface area contributed by atoms with E-state index in [1.54, 1.807) is 0 Å². The van der Waals surface area contributed by atoms with Gasteiger partial charge >= 0.3 is 11.9 Å². The third-order valence-corrected chi connectivity index (χ3v) is 5.13. The summed E-state index contributed by atoms with van der Waals surface area (Å²) in [6, 6.07) is 0. The van der Waals surface area contributed by atoms with Crippen LogP contribution in [-0.2, 0) is 14.3 Å². The summed E-state index contributed by atoms with van der Waals surface area (Å²) in [6.45, 7) is 1.59. The van der Waals surface area contributed by atoms with Gasteiger partial charge in [-0.1, -0.05) is 70.4 Å². The number of carboxylic acid groups (broad SMARTS) is 1. The van der Waals surface area contributed by atoms with Gasteiger partial charge in [0.1, 0.15) is 6.10 Å². The summed E-state index contributed by atoms with van der Waals surface area (Å²) in [5.74, 6) is -3.44. The first kappa shape index (κ1) is 29.9. The lowest BCUT2D eigenvalue weighted by atomic mass is 10.1. The number of hydrogen-bond acceptors (Lipinski definition) is 7. The first-order valence-electron chi connectivity index (χ1n) is 11.8. The van der Waals surface area contributed by atoms with E-state index < -0.39 is 42.3 Å². The molecule has 0 aromatic rings. The molecule has 1 aliphatic rings. The summed E-state index contributed by atoms with van der Waals surface area (Å²) < 4.78 is 4.32. The molecular weight excluding hydrogens is 416 g/mol. The second-order valence-corrected chi connectivity index (χ2v) is 8.04. The van der Waals surface area contributed by atoms with E-state index in [2.05, 4.69) is 23.8 Å². The van der Waals surface area contributed by atoms with E-state index in [0.29, 0.717) is 6.42 Å². The van der Waals surface area contributed by atoms with Crippen molar-refractivity contribution in [1.82, 2.24) is 0 Å². The molecule has 0 amide bonds. The monoisotopic (exact) mass is 458 g/mol. The van der Waals surface area contributed by atoms with Gasteiger partial charge < -0.3 is 30.3 Å². The number of cyclic esters (lactones) is 1. The minimum Gasteiger partial charge on any atom is -0.505 e. The van der Waals surface area contributed by atoms with E-state index in [4.69, 9.17) is 25.5 Å². The van der Waals surface area contributed by atoms with Gasteiger partial charge in [-0.2, -0.15) is 0 Å². The van der Waals surface area contributed by atoms with E-state index >= 15 is 0 Å². The molecule has 0 aliphatic carbocycles. The lowest BCUT2D eigenvalue weighted by Gasteiger charge is -2.13. The Bertz CT molecular complexity index is 570. The SMILES string of the molecule is CCCCCCCCC=CCCCCCCCC(=O)O.O=C1O[C@H]([C@@H](O)CO)C(O)=C1O. The maximum Gasteiger partial charge on any atom is 0.377 e. The van der Waals surface area contributed by atoms with E-state index in [1.165, 1.54) is 70.6 Å². The predicted molar refractivity (Wildman–Crippen MR) is 122 cm³/mol. The number of aliphatic carboxylic acids is 1. The van der Waals surface area contributed by atoms with Gasteiger partial charge in [-0.3, -0.25) is 4.79 Å². The molecule has 0 radical (unpaired) electrons. The zero-order valence-corrected chi connectivity index (χ0v) is 19.4. The molecule has 1 aliphatic heterocycles. The number of aliphatic hydroxyl groups is 4. The molecule has 0 saturated heterocycles. The highest BCUT2D eigenvalue weighted by atomic mass is 16.6. The van der Waals surface area contributed by atoms with Crippen molar-refractivity contribution < 1.29 is 39.9 Å². The number of hydrogen-bond donors (Lipinski definition) is 5. The van der Waals surface area contributed by atoms with Gasteiger partial charge in [0.05, 0.1) is 6.61 Å². The summed E-state index contributed by atoms with van der Waals surface area (Å²) in [7, 11) is 0. The molecule has 8 nitrogen and oxygen atoms in total. The number of carbonyl (C=O) groups excluding carboxylic acids is 1. The molecule has 2 atom stereocenters. The third-order valence-electron chi connectivity index (χ3n) is 5.13. The Morgan fingerprint density at radius 2 is 1.44 bits per heavy atom. The fraction of sp³-hybridized carbons (Fsp3) is 0.750. The predicted octanol–water partition coefficient (Wildman–Crippen LogP) is 4.70. The topological polar surface area (TPSA) is 145 Å². The first-order chi connectivity index (χ1) is 15.3. The van der Waals surface area contributed by atoms with Crippen LogP contribution in [0.1, 0.15) is 96.8 Å². The molecule has 0 spiro atoms. The van der Waals surface area contributed by atoms with Crippen LogP contribution in [0.3, 0.4) is 0 Å². The zero-order chi connectivity index (χ0) is 24.2. The lowest BCUT2D eigenvalue weighted by molar-refractivity contribution is -0.147. The molecule has 1 rings (SSSR count). The van der Waals surface area contributed by atoms with Gasteiger partial charge in [0.2, 0.25) is 5.76 Å². The van der Waals surface area contributed by atoms with Crippen LogP contribution in [0.25, 0.3) is 0 Å². The molecule has 0 unspecified atom stereocenters. The zero-order valence-electron chi connectivity index (χ0n) is 19.4. The van der Waals surface area contributed by atoms with Gasteiger partial charge in [0, 0.05) is 6.42 Å². The van der Waals surface area contributed by atoms with Crippen LogP contribution in [0.5, 0.6) is 0 Å². The van der Waals surface area contributed by atoms with Crippen molar-refractivity contribution in [2.45, 2.75) is 109 Å². The molecule has 0 bridgehead atoms. The quantitative estimate of drug-likeness (QED) is 0.120. The Hall–Kier alpha value is -2.06. The average Bonchev–Trinajstić information content (AvgIpc) is 3.03. The highest BCUT2D eigenvalue weighted by molar-refractivity contribution is 5.89. The number of allylic oxidation sites excluding steroid dienone is 2. The molecule has 1 heterocycles. The third kappa shape index (κ3) is 14.9. The first-order valence-corrected chi connectivity index (χ1v) is 11.8. The van der Waals surface area contributed by atoms with Crippen LogP contribution in [0.4, 0.5) is 0 Å². The number of esters is 1. The summed E-state index contributed by atoms with van der Waals surface area (Å²) in [4.78, 5) is 20.9. The van der Waals surface area contributed by atoms with E-state index in [9.17, 15) is 9.59 Å². The van der Waals surface area contributed by atoms with E-state index in [1.807, 2.05) is 0 Å². The smallest absolute Gasteiger partial charge is 0.377 e. The largest absolute Gasteiger partial charge is 0.505 e. The normalized spacial score (nSPS) is 16.7. The molecule has 5 N–H and O–H groups in total. The van der Waals surface area contributed by atoms with Crippen LogP contribution >= 0.6 is 0 Å². The Balaban J connectivity index is 0.000000677. The van der Waals surface area contributed by atoms with Gasteiger partial charge in [-0.15, -0.1) is 0 Å². The van der Waals surface area contributed by atoms with E-state index in [-0.39, 0.29) is 0 Å². The molecule has 0 fully saturated rings. The van der Waals surface area contributed by atoms with Crippen LogP contribution in [-0.4, -0.2) is 56.3 Å². The van der Waals surface area contributed by atoms with E-state index in [0.717, 1.165) is 12.8 Å². The van der Waals surface area contributed by atoms with Gasteiger partial charge in [-0.25, -0.2) is 4.79 Å². The lowest BCUT2D eigenvalue weighted by Crippen LogP contribution is -2.31. The Morgan fingerprint density at radius 3 is 1.88 bits per heavy atom. The summed E-state index contributed by atoms with van der Waals surface area (Å²) >= 11 is 0. The van der Waals surface area contributed by atoms with Crippen molar-refractivity contribution in [3.8, 4) is 0 Å². The molecule has 8 heteroatoms. The van der Waals surface area contributed by atoms with Crippen molar-refractivity contribution in [3.05, 3.63) is 23.7 Å².